The number of carbonyl (C=O) groups is 1. The second-order valence-corrected chi connectivity index (χ2v) is 8.44. The van der Waals surface area contributed by atoms with Crippen molar-refractivity contribution in [1.82, 2.24) is 9.88 Å². The van der Waals surface area contributed by atoms with Gasteiger partial charge in [0.2, 0.25) is 5.91 Å². The maximum Gasteiger partial charge on any atom is 0.249 e. The third kappa shape index (κ3) is 3.80. The molecule has 2 aliphatic heterocycles. The van der Waals surface area contributed by atoms with E-state index >= 15 is 0 Å². The van der Waals surface area contributed by atoms with Crippen LogP contribution in [0.2, 0.25) is 5.02 Å². The predicted molar refractivity (Wildman–Crippen MR) is 119 cm³/mol. The Bertz CT molecular complexity index is 1070. The number of hydrogen-bond donors (Lipinski definition) is 3. The largest absolute Gasteiger partial charge is 0.384 e. The number of piperidine rings is 1. The molecule has 2 aromatic rings. The van der Waals surface area contributed by atoms with E-state index in [2.05, 4.69) is 25.8 Å². The van der Waals surface area contributed by atoms with Crippen molar-refractivity contribution < 1.29 is 9.18 Å². The van der Waals surface area contributed by atoms with Gasteiger partial charge in [-0.1, -0.05) is 11.6 Å². The zero-order chi connectivity index (χ0) is 22.2. The molecule has 7 nitrogen and oxygen atoms in total. The lowest BCUT2D eigenvalue weighted by atomic mass is 9.88. The number of carbonyl (C=O) groups excluding carboxylic acids is 1. The van der Waals surface area contributed by atoms with Crippen LogP contribution >= 0.6 is 11.6 Å². The van der Waals surface area contributed by atoms with Gasteiger partial charge in [-0.15, -0.1) is 0 Å². The number of hydrogen-bond acceptors (Lipinski definition) is 6. The summed E-state index contributed by atoms with van der Waals surface area (Å²) in [5.74, 6) is -0.529. The molecular formula is C22H24ClFN6O. The van der Waals surface area contributed by atoms with Crippen molar-refractivity contribution in [3.8, 4) is 6.07 Å². The van der Waals surface area contributed by atoms with Crippen LogP contribution in [0.25, 0.3) is 0 Å². The highest BCUT2D eigenvalue weighted by molar-refractivity contribution is 6.31. The Hall–Kier alpha value is -2.89. The number of aromatic nitrogens is 1. The SMILES string of the molecule is CCNc1cc(F)cc2c1NC(=O)[C@]2(C)N1CCCC(Nc2cnc(C#N)c(Cl)c2)C1. The van der Waals surface area contributed by atoms with Crippen LogP contribution in [0.4, 0.5) is 21.5 Å². The molecule has 1 aromatic carbocycles. The molecule has 0 aliphatic carbocycles. The first-order valence-corrected chi connectivity index (χ1v) is 10.7. The minimum atomic E-state index is -0.970. The van der Waals surface area contributed by atoms with Crippen LogP contribution in [0.3, 0.4) is 0 Å². The van der Waals surface area contributed by atoms with Gasteiger partial charge in [-0.3, -0.25) is 9.69 Å². The number of anilines is 3. The molecule has 0 radical (unpaired) electrons. The molecular weight excluding hydrogens is 419 g/mol. The Morgan fingerprint density at radius 3 is 2.97 bits per heavy atom. The number of fused-ring (bicyclic) bond motifs is 1. The summed E-state index contributed by atoms with van der Waals surface area (Å²) >= 11 is 6.10. The summed E-state index contributed by atoms with van der Waals surface area (Å²) in [7, 11) is 0. The summed E-state index contributed by atoms with van der Waals surface area (Å²) < 4.78 is 14.4. The number of nitrogens with zero attached hydrogens (tertiary/aromatic N) is 3. The van der Waals surface area contributed by atoms with Crippen molar-refractivity contribution in [3.63, 3.8) is 0 Å². The number of rotatable bonds is 5. The fourth-order valence-electron chi connectivity index (χ4n) is 4.46. The quantitative estimate of drug-likeness (QED) is 0.649. The van der Waals surface area contributed by atoms with Crippen molar-refractivity contribution in [2.75, 3.05) is 35.6 Å². The van der Waals surface area contributed by atoms with Crippen LogP contribution < -0.4 is 16.0 Å². The molecule has 1 aromatic heterocycles. The molecule has 2 aliphatic rings. The fraction of sp³-hybridized carbons (Fsp3) is 0.409. The molecule has 3 heterocycles. The molecule has 0 saturated carbocycles. The molecule has 0 bridgehead atoms. The van der Waals surface area contributed by atoms with E-state index in [4.69, 9.17) is 16.9 Å². The Labute approximate surface area is 185 Å². The Morgan fingerprint density at radius 1 is 1.45 bits per heavy atom. The zero-order valence-corrected chi connectivity index (χ0v) is 18.2. The zero-order valence-electron chi connectivity index (χ0n) is 17.4. The number of likely N-dealkylation sites (tertiary alicyclic amines) is 1. The minimum Gasteiger partial charge on any atom is -0.384 e. The maximum atomic E-state index is 14.4. The fourth-order valence-corrected chi connectivity index (χ4v) is 4.67. The van der Waals surface area contributed by atoms with Crippen LogP contribution in [0.5, 0.6) is 0 Å². The Kier molecular flexibility index (Phi) is 5.73. The molecule has 162 valence electrons. The summed E-state index contributed by atoms with van der Waals surface area (Å²) in [6.45, 7) is 5.72. The first kappa shape index (κ1) is 21.3. The lowest BCUT2D eigenvalue weighted by Gasteiger charge is -2.42. The van der Waals surface area contributed by atoms with E-state index in [-0.39, 0.29) is 23.5 Å². The molecule has 1 unspecified atom stereocenters. The highest BCUT2D eigenvalue weighted by Gasteiger charge is 2.49. The molecule has 2 atom stereocenters. The summed E-state index contributed by atoms with van der Waals surface area (Å²) in [6.07, 6.45) is 3.37. The highest BCUT2D eigenvalue weighted by Crippen LogP contribution is 2.45. The number of nitrogens with one attached hydrogen (secondary N) is 3. The van der Waals surface area contributed by atoms with Crippen LogP contribution in [0, 0.1) is 17.1 Å². The molecule has 9 heteroatoms. The van der Waals surface area contributed by atoms with E-state index in [0.29, 0.717) is 35.1 Å². The second-order valence-electron chi connectivity index (χ2n) is 8.03. The van der Waals surface area contributed by atoms with Crippen molar-refractivity contribution in [1.29, 1.82) is 5.26 Å². The van der Waals surface area contributed by atoms with E-state index in [0.717, 1.165) is 25.1 Å². The maximum absolute atomic E-state index is 14.4. The van der Waals surface area contributed by atoms with Gasteiger partial charge in [-0.05, 0) is 51.4 Å². The topological polar surface area (TPSA) is 93.1 Å². The molecule has 31 heavy (non-hydrogen) atoms. The van der Waals surface area contributed by atoms with Gasteiger partial charge in [0.1, 0.15) is 17.4 Å². The van der Waals surface area contributed by atoms with Crippen LogP contribution in [-0.2, 0) is 10.3 Å². The van der Waals surface area contributed by atoms with Crippen molar-refractivity contribution in [3.05, 3.63) is 46.5 Å². The standard InChI is InChI=1S/C22H24ClFN6O/c1-3-26-18-8-13(24)7-16-20(18)29-21(31)22(16,2)30-6-4-5-14(12-30)28-15-9-17(23)19(10-25)27-11-15/h7-9,11,14,26,28H,3-6,12H2,1-2H3,(H,29,31)/t14?,22-/m1/s1. The van der Waals surface area contributed by atoms with Gasteiger partial charge in [0.25, 0.3) is 0 Å². The van der Waals surface area contributed by atoms with E-state index in [9.17, 15) is 9.18 Å². The first-order chi connectivity index (χ1) is 14.9. The lowest BCUT2D eigenvalue weighted by molar-refractivity contribution is -0.127. The average molecular weight is 443 g/mol. The molecule has 3 N–H and O–H groups in total. The average Bonchev–Trinajstić information content (AvgIpc) is 3.00. The highest BCUT2D eigenvalue weighted by atomic mass is 35.5. The molecule has 1 saturated heterocycles. The van der Waals surface area contributed by atoms with E-state index in [1.165, 1.54) is 12.1 Å². The van der Waals surface area contributed by atoms with Gasteiger partial charge in [-0.25, -0.2) is 9.37 Å². The lowest BCUT2D eigenvalue weighted by Crippen LogP contribution is -2.55. The number of nitriles is 1. The normalized spacial score (nSPS) is 23.1. The van der Waals surface area contributed by atoms with Gasteiger partial charge in [0.05, 0.1) is 28.3 Å². The summed E-state index contributed by atoms with van der Waals surface area (Å²) in [6, 6.07) is 6.55. The number of halogens is 2. The summed E-state index contributed by atoms with van der Waals surface area (Å²) in [5, 5.41) is 18.8. The molecule has 0 spiro atoms. The van der Waals surface area contributed by atoms with Gasteiger partial charge in [0.15, 0.2) is 5.69 Å². The minimum absolute atomic E-state index is 0.0509. The monoisotopic (exact) mass is 442 g/mol. The van der Waals surface area contributed by atoms with Crippen LogP contribution in [0.15, 0.2) is 24.4 Å². The van der Waals surface area contributed by atoms with Gasteiger partial charge >= 0.3 is 0 Å². The summed E-state index contributed by atoms with van der Waals surface area (Å²) in [4.78, 5) is 19.3. The first-order valence-electron chi connectivity index (χ1n) is 10.3. The van der Waals surface area contributed by atoms with Crippen molar-refractivity contribution >= 4 is 34.6 Å². The van der Waals surface area contributed by atoms with Crippen molar-refractivity contribution in [2.45, 2.75) is 38.3 Å². The Balaban J connectivity index is 1.59. The third-order valence-corrected chi connectivity index (χ3v) is 6.34. The smallest absolute Gasteiger partial charge is 0.249 e. The predicted octanol–water partition coefficient (Wildman–Crippen LogP) is 3.92. The van der Waals surface area contributed by atoms with Gasteiger partial charge in [-0.2, -0.15) is 5.26 Å². The number of amides is 1. The van der Waals surface area contributed by atoms with E-state index in [1.807, 2.05) is 19.9 Å². The van der Waals surface area contributed by atoms with Crippen molar-refractivity contribution in [2.24, 2.45) is 0 Å². The van der Waals surface area contributed by atoms with Crippen LogP contribution in [-0.4, -0.2) is 41.5 Å². The third-order valence-electron chi connectivity index (χ3n) is 6.05. The molecule has 1 fully saturated rings. The summed E-state index contributed by atoms with van der Waals surface area (Å²) in [5.41, 5.74) is 1.83. The van der Waals surface area contributed by atoms with Gasteiger partial charge < -0.3 is 16.0 Å². The van der Waals surface area contributed by atoms with E-state index < -0.39 is 5.54 Å². The van der Waals surface area contributed by atoms with Crippen LogP contribution in [0.1, 0.15) is 37.9 Å². The molecule has 1 amide bonds. The molecule has 4 rings (SSSR count). The Morgan fingerprint density at radius 2 is 2.26 bits per heavy atom. The number of pyridine rings is 1. The van der Waals surface area contributed by atoms with E-state index in [1.54, 1.807) is 12.3 Å². The van der Waals surface area contributed by atoms with Gasteiger partial charge in [0, 0.05) is 24.7 Å². The second kappa shape index (κ2) is 8.33. The number of benzene rings is 1.